The molecular weight excluding hydrogens is 432 g/mol. The number of esters is 1. The zero-order valence-corrected chi connectivity index (χ0v) is 21.9. The van der Waals surface area contributed by atoms with Gasteiger partial charge in [-0.2, -0.15) is 5.26 Å². The summed E-state index contributed by atoms with van der Waals surface area (Å²) in [6.45, 7) is 3.28. The van der Waals surface area contributed by atoms with Gasteiger partial charge < -0.3 is 9.64 Å². The van der Waals surface area contributed by atoms with E-state index in [1.807, 2.05) is 18.2 Å². The van der Waals surface area contributed by atoms with Gasteiger partial charge in [-0.05, 0) is 30.2 Å². The van der Waals surface area contributed by atoms with E-state index < -0.39 is 5.97 Å². The van der Waals surface area contributed by atoms with Crippen molar-refractivity contribution in [3.63, 3.8) is 0 Å². The summed E-state index contributed by atoms with van der Waals surface area (Å²) in [5.74, 6) is -0.614. The van der Waals surface area contributed by atoms with Crippen LogP contribution in [0.4, 0.5) is 5.69 Å². The molecule has 190 valence electrons. The number of methoxy groups -OCH3 is 1. The van der Waals surface area contributed by atoms with Crippen LogP contribution in [0.3, 0.4) is 0 Å². The first-order chi connectivity index (χ1) is 17.2. The molecule has 0 unspecified atom stereocenters. The molecule has 1 aromatic carbocycles. The van der Waals surface area contributed by atoms with Gasteiger partial charge in [-0.3, -0.25) is 0 Å². The average Bonchev–Trinajstić information content (AvgIpc) is 2.89. The molecule has 0 aliphatic carbocycles. The van der Waals surface area contributed by atoms with E-state index in [2.05, 4.69) is 47.0 Å². The van der Waals surface area contributed by atoms with Crippen molar-refractivity contribution in [2.75, 3.05) is 18.6 Å². The van der Waals surface area contributed by atoms with Crippen molar-refractivity contribution < 1.29 is 9.53 Å². The molecule has 4 nitrogen and oxygen atoms in total. The monoisotopic (exact) mass is 476 g/mol. The van der Waals surface area contributed by atoms with Crippen LogP contribution < -0.4 is 4.90 Å². The third-order valence-electron chi connectivity index (χ3n) is 6.67. The Kier molecular flexibility index (Phi) is 14.3. The van der Waals surface area contributed by atoms with Crippen LogP contribution in [0, 0.1) is 11.3 Å². The number of hydrogen-bond acceptors (Lipinski definition) is 4. The Bertz CT molecular complexity index is 891. The Morgan fingerprint density at radius 3 is 2.06 bits per heavy atom. The molecule has 0 saturated heterocycles. The van der Waals surface area contributed by atoms with Gasteiger partial charge >= 0.3 is 5.97 Å². The smallest absolute Gasteiger partial charge is 0.348 e. The molecule has 1 aliphatic heterocycles. The minimum absolute atomic E-state index is 0.00396. The fourth-order valence-corrected chi connectivity index (χ4v) is 4.56. The molecule has 0 atom stereocenters. The lowest BCUT2D eigenvalue weighted by molar-refractivity contribution is -0.135. The van der Waals surface area contributed by atoms with Crippen LogP contribution in [-0.2, 0) is 9.53 Å². The summed E-state index contributed by atoms with van der Waals surface area (Å²) < 4.78 is 4.66. The van der Waals surface area contributed by atoms with Crippen molar-refractivity contribution in [1.29, 1.82) is 5.26 Å². The molecule has 1 aromatic rings. The first-order valence-electron chi connectivity index (χ1n) is 13.7. The highest BCUT2D eigenvalue weighted by atomic mass is 16.5. The molecule has 1 aliphatic rings. The maximum atomic E-state index is 11.7. The van der Waals surface area contributed by atoms with Gasteiger partial charge in [0.1, 0.15) is 11.6 Å². The van der Waals surface area contributed by atoms with Crippen LogP contribution in [-0.4, -0.2) is 19.6 Å². The minimum atomic E-state index is -0.614. The van der Waals surface area contributed by atoms with E-state index in [4.69, 9.17) is 0 Å². The summed E-state index contributed by atoms with van der Waals surface area (Å²) in [6, 6.07) is 10.2. The van der Waals surface area contributed by atoms with Gasteiger partial charge in [0, 0.05) is 24.0 Å². The molecule has 0 saturated carbocycles. The highest BCUT2D eigenvalue weighted by Crippen LogP contribution is 2.33. The van der Waals surface area contributed by atoms with Gasteiger partial charge in [0.25, 0.3) is 0 Å². The van der Waals surface area contributed by atoms with Gasteiger partial charge in [-0.1, -0.05) is 115 Å². The van der Waals surface area contributed by atoms with Crippen molar-refractivity contribution in [1.82, 2.24) is 0 Å². The van der Waals surface area contributed by atoms with Gasteiger partial charge in [0.05, 0.1) is 7.11 Å². The maximum Gasteiger partial charge on any atom is 0.348 e. The number of nitrogens with zero attached hydrogens (tertiary/aromatic N) is 2. The summed E-state index contributed by atoms with van der Waals surface area (Å²) in [4.78, 5) is 14.0. The number of allylic oxidation sites excluding steroid dienone is 4. The molecule has 0 radical (unpaired) electrons. The number of anilines is 1. The van der Waals surface area contributed by atoms with Crippen molar-refractivity contribution in [2.24, 2.45) is 0 Å². The van der Waals surface area contributed by atoms with Crippen molar-refractivity contribution in [3.8, 4) is 6.07 Å². The number of para-hydroxylation sites is 1. The summed E-state index contributed by atoms with van der Waals surface area (Å²) in [5, 5.41) is 9.18. The molecule has 0 bridgehead atoms. The molecule has 0 amide bonds. The SMILES string of the molecule is CCCCCCCCCCCCCCCCN1C=C/C(=C\C=C(/C#N)C(=O)OC)c2ccccc21. The van der Waals surface area contributed by atoms with Crippen LogP contribution in [0.25, 0.3) is 5.57 Å². The van der Waals surface area contributed by atoms with E-state index in [1.165, 1.54) is 109 Å². The predicted octanol–water partition coefficient (Wildman–Crippen LogP) is 8.51. The number of unbranched alkanes of at least 4 members (excludes halogenated alkanes) is 13. The molecule has 35 heavy (non-hydrogen) atoms. The van der Waals surface area contributed by atoms with Crippen LogP contribution in [0.1, 0.15) is 102 Å². The number of rotatable bonds is 17. The molecular formula is C31H44N2O2. The second kappa shape index (κ2) is 17.6. The van der Waals surface area contributed by atoms with Crippen LogP contribution in [0.5, 0.6) is 0 Å². The summed E-state index contributed by atoms with van der Waals surface area (Å²) >= 11 is 0. The van der Waals surface area contributed by atoms with Gasteiger partial charge in [0.15, 0.2) is 0 Å². The standard InChI is InChI=1S/C31H44N2O2/c1-3-4-5-6-7-8-9-10-11-12-13-14-15-18-24-33-25-23-27(29-19-16-17-20-30(29)33)21-22-28(26-32)31(34)35-2/h16-17,19-23,25H,3-15,18,24H2,1-2H3/b27-21+,28-22+. The summed E-state index contributed by atoms with van der Waals surface area (Å²) in [5.41, 5.74) is 3.25. The maximum absolute atomic E-state index is 11.7. The Morgan fingerprint density at radius 2 is 1.49 bits per heavy atom. The second-order valence-electron chi connectivity index (χ2n) is 9.43. The average molecular weight is 477 g/mol. The lowest BCUT2D eigenvalue weighted by Crippen LogP contribution is -2.21. The topological polar surface area (TPSA) is 53.3 Å². The third-order valence-corrected chi connectivity index (χ3v) is 6.67. The molecule has 1 heterocycles. The second-order valence-corrected chi connectivity index (χ2v) is 9.43. The fourth-order valence-electron chi connectivity index (χ4n) is 4.56. The normalized spacial score (nSPS) is 14.1. The van der Waals surface area contributed by atoms with Crippen LogP contribution in [0.15, 0.2) is 54.3 Å². The zero-order valence-electron chi connectivity index (χ0n) is 21.9. The molecule has 2 rings (SSSR count). The fraction of sp³-hybridized carbons (Fsp3) is 0.548. The lowest BCUT2D eigenvalue weighted by Gasteiger charge is -2.27. The number of hydrogen-bond donors (Lipinski definition) is 0. The number of carbonyl (C=O) groups is 1. The van der Waals surface area contributed by atoms with Crippen molar-refractivity contribution >= 4 is 17.2 Å². The minimum Gasteiger partial charge on any atom is -0.465 e. The van der Waals surface area contributed by atoms with Gasteiger partial charge in [0.2, 0.25) is 0 Å². The number of carbonyl (C=O) groups excluding carboxylic acids is 1. The Labute approximate surface area is 213 Å². The Hall–Kier alpha value is -2.80. The van der Waals surface area contributed by atoms with E-state index in [1.54, 1.807) is 0 Å². The largest absolute Gasteiger partial charge is 0.465 e. The lowest BCUT2D eigenvalue weighted by atomic mass is 9.98. The van der Waals surface area contributed by atoms with E-state index >= 15 is 0 Å². The Balaban J connectivity index is 1.68. The van der Waals surface area contributed by atoms with Crippen LogP contribution >= 0.6 is 0 Å². The van der Waals surface area contributed by atoms with Gasteiger partial charge in [-0.15, -0.1) is 0 Å². The van der Waals surface area contributed by atoms with E-state index in [-0.39, 0.29) is 5.57 Å². The summed E-state index contributed by atoms with van der Waals surface area (Å²) in [6.07, 6.45) is 26.6. The number of nitriles is 1. The highest BCUT2D eigenvalue weighted by Gasteiger charge is 2.15. The highest BCUT2D eigenvalue weighted by molar-refractivity contribution is 5.94. The first-order valence-corrected chi connectivity index (χ1v) is 13.7. The van der Waals surface area contributed by atoms with Crippen molar-refractivity contribution in [2.45, 2.75) is 96.8 Å². The van der Waals surface area contributed by atoms with Crippen LogP contribution in [0.2, 0.25) is 0 Å². The van der Waals surface area contributed by atoms with Gasteiger partial charge in [-0.25, -0.2) is 4.79 Å². The third kappa shape index (κ3) is 10.6. The van der Waals surface area contributed by atoms with E-state index in [9.17, 15) is 10.1 Å². The zero-order chi connectivity index (χ0) is 25.1. The molecule has 0 N–H and O–H groups in total. The molecule has 0 aromatic heterocycles. The molecule has 0 spiro atoms. The molecule has 4 heteroatoms. The number of fused-ring (bicyclic) bond motifs is 1. The Morgan fingerprint density at radius 1 is 0.914 bits per heavy atom. The van der Waals surface area contributed by atoms with Crippen molar-refractivity contribution in [3.05, 3.63) is 59.8 Å². The van der Waals surface area contributed by atoms with E-state index in [0.29, 0.717) is 0 Å². The number of ether oxygens (including phenoxy) is 1. The quantitative estimate of drug-likeness (QED) is 0.0978. The first kappa shape index (κ1) is 28.4. The molecule has 0 fully saturated rings. The number of benzene rings is 1. The van der Waals surface area contributed by atoms with E-state index in [0.717, 1.165) is 17.7 Å². The predicted molar refractivity (Wildman–Crippen MR) is 147 cm³/mol. The summed E-state index contributed by atoms with van der Waals surface area (Å²) in [7, 11) is 1.28.